The third kappa shape index (κ3) is 2.20. The Morgan fingerprint density at radius 1 is 0.792 bits per heavy atom. The molecule has 4 rings (SSSR count). The number of carbonyl (C=O) groups excluding carboxylic acids is 2. The highest BCUT2D eigenvalue weighted by atomic mass is 35.5. The molecule has 2 aromatic carbocycles. The van der Waals surface area contributed by atoms with Crippen LogP contribution >= 0.6 is 11.6 Å². The Balaban J connectivity index is 1.91. The standard InChI is InChI=1S/C19H11ClN2O2/c20-12-8-9-15(16-7-3-4-10-21-16)17(11-12)22-18(23)13-5-1-2-6-14(13)19(22)24/h1-11H. The van der Waals surface area contributed by atoms with Gasteiger partial charge in [-0.2, -0.15) is 0 Å². The topological polar surface area (TPSA) is 50.3 Å². The predicted octanol–water partition coefficient (Wildman–Crippen LogP) is 4.20. The minimum Gasteiger partial charge on any atom is -0.268 e. The van der Waals surface area contributed by atoms with E-state index in [0.29, 0.717) is 33.1 Å². The largest absolute Gasteiger partial charge is 0.268 e. The van der Waals surface area contributed by atoms with Gasteiger partial charge in [-0.15, -0.1) is 0 Å². The van der Waals surface area contributed by atoms with Crippen LogP contribution in [0.1, 0.15) is 20.7 Å². The molecule has 0 N–H and O–H groups in total. The summed E-state index contributed by atoms with van der Waals surface area (Å²) in [5.41, 5.74) is 2.58. The zero-order valence-corrected chi connectivity index (χ0v) is 13.2. The van der Waals surface area contributed by atoms with E-state index in [-0.39, 0.29) is 11.8 Å². The summed E-state index contributed by atoms with van der Waals surface area (Å²) in [5.74, 6) is -0.704. The van der Waals surface area contributed by atoms with Crippen LogP contribution < -0.4 is 4.90 Å². The molecule has 0 atom stereocenters. The number of rotatable bonds is 2. The summed E-state index contributed by atoms with van der Waals surface area (Å²) in [6, 6.07) is 17.4. The summed E-state index contributed by atoms with van der Waals surface area (Å²) in [6.45, 7) is 0. The van der Waals surface area contributed by atoms with Crippen LogP contribution in [0.4, 0.5) is 5.69 Å². The Bertz CT molecular complexity index is 935. The zero-order chi connectivity index (χ0) is 16.7. The van der Waals surface area contributed by atoms with Crippen LogP contribution in [0.15, 0.2) is 66.9 Å². The number of amides is 2. The van der Waals surface area contributed by atoms with Gasteiger partial charge in [0, 0.05) is 16.8 Å². The van der Waals surface area contributed by atoms with Gasteiger partial charge in [0.25, 0.3) is 11.8 Å². The fraction of sp³-hybridized carbons (Fsp3) is 0. The number of benzene rings is 2. The molecule has 0 bridgehead atoms. The first-order valence-electron chi connectivity index (χ1n) is 7.35. The first-order chi connectivity index (χ1) is 11.7. The average Bonchev–Trinajstić information content (AvgIpc) is 2.87. The van der Waals surface area contributed by atoms with Crippen molar-refractivity contribution in [2.45, 2.75) is 0 Å². The van der Waals surface area contributed by atoms with Crippen LogP contribution in [0.2, 0.25) is 5.02 Å². The van der Waals surface area contributed by atoms with Gasteiger partial charge in [0.15, 0.2) is 0 Å². The van der Waals surface area contributed by atoms with Crippen molar-refractivity contribution in [1.82, 2.24) is 4.98 Å². The minimum absolute atomic E-state index is 0.352. The van der Waals surface area contributed by atoms with Gasteiger partial charge in [0.1, 0.15) is 0 Å². The Kier molecular flexibility index (Phi) is 3.40. The van der Waals surface area contributed by atoms with Crippen molar-refractivity contribution >= 4 is 29.1 Å². The molecule has 1 aromatic heterocycles. The molecule has 0 spiro atoms. The van der Waals surface area contributed by atoms with E-state index in [1.165, 1.54) is 4.90 Å². The van der Waals surface area contributed by atoms with Crippen molar-refractivity contribution in [3.63, 3.8) is 0 Å². The number of halogens is 1. The maximum Gasteiger partial charge on any atom is 0.266 e. The van der Waals surface area contributed by atoms with Crippen LogP contribution in [-0.2, 0) is 0 Å². The summed E-state index contributed by atoms with van der Waals surface area (Å²) < 4.78 is 0. The van der Waals surface area contributed by atoms with Gasteiger partial charge in [-0.3, -0.25) is 14.6 Å². The second-order valence-electron chi connectivity index (χ2n) is 5.37. The highest BCUT2D eigenvalue weighted by Crippen LogP contribution is 2.36. The summed E-state index contributed by atoms with van der Waals surface area (Å²) in [7, 11) is 0. The van der Waals surface area contributed by atoms with Gasteiger partial charge in [-0.25, -0.2) is 4.90 Å². The molecule has 0 aliphatic carbocycles. The zero-order valence-electron chi connectivity index (χ0n) is 12.4. The Labute approximate surface area is 143 Å². The lowest BCUT2D eigenvalue weighted by Crippen LogP contribution is -2.29. The molecule has 0 saturated carbocycles. The van der Waals surface area contributed by atoms with E-state index in [4.69, 9.17) is 11.6 Å². The molecule has 24 heavy (non-hydrogen) atoms. The van der Waals surface area contributed by atoms with E-state index >= 15 is 0 Å². The quantitative estimate of drug-likeness (QED) is 0.660. The van der Waals surface area contributed by atoms with Crippen LogP contribution in [0, 0.1) is 0 Å². The second-order valence-corrected chi connectivity index (χ2v) is 5.80. The molecule has 0 fully saturated rings. The number of pyridine rings is 1. The van der Waals surface area contributed by atoms with E-state index in [2.05, 4.69) is 4.98 Å². The number of nitrogens with zero attached hydrogens (tertiary/aromatic N) is 2. The average molecular weight is 335 g/mol. The van der Waals surface area contributed by atoms with Gasteiger partial charge in [-0.05, 0) is 42.5 Å². The molecule has 3 aromatic rings. The van der Waals surface area contributed by atoms with Crippen molar-refractivity contribution in [2.75, 3.05) is 4.90 Å². The third-order valence-electron chi connectivity index (χ3n) is 3.94. The number of anilines is 1. The molecule has 4 nitrogen and oxygen atoms in total. The molecule has 0 unspecified atom stereocenters. The fourth-order valence-electron chi connectivity index (χ4n) is 2.84. The maximum atomic E-state index is 12.7. The molecule has 1 aliphatic rings. The van der Waals surface area contributed by atoms with Gasteiger partial charge in [0.2, 0.25) is 0 Å². The molecule has 0 saturated heterocycles. The lowest BCUT2D eigenvalue weighted by atomic mass is 10.1. The van der Waals surface area contributed by atoms with Crippen molar-refractivity contribution in [3.05, 3.63) is 83.0 Å². The molecule has 1 aliphatic heterocycles. The van der Waals surface area contributed by atoms with Gasteiger partial charge in [-0.1, -0.05) is 29.8 Å². The summed E-state index contributed by atoms with van der Waals surface area (Å²) in [5, 5.41) is 0.446. The summed E-state index contributed by atoms with van der Waals surface area (Å²) >= 11 is 6.12. The SMILES string of the molecule is O=C1c2ccccc2C(=O)N1c1cc(Cl)ccc1-c1ccccn1. The molecule has 2 amide bonds. The summed E-state index contributed by atoms with van der Waals surface area (Å²) in [4.78, 5) is 31.0. The Morgan fingerprint density at radius 2 is 1.46 bits per heavy atom. The number of hydrogen-bond acceptors (Lipinski definition) is 3. The van der Waals surface area contributed by atoms with E-state index in [0.717, 1.165) is 0 Å². The summed E-state index contributed by atoms with van der Waals surface area (Å²) in [6.07, 6.45) is 1.66. The lowest BCUT2D eigenvalue weighted by molar-refractivity contribution is 0.0926. The van der Waals surface area contributed by atoms with E-state index in [9.17, 15) is 9.59 Å². The number of hydrogen-bond donors (Lipinski definition) is 0. The lowest BCUT2D eigenvalue weighted by Gasteiger charge is -2.18. The normalized spacial score (nSPS) is 13.3. The second kappa shape index (κ2) is 5.58. The smallest absolute Gasteiger partial charge is 0.266 e. The Morgan fingerprint density at radius 3 is 2.08 bits per heavy atom. The highest BCUT2D eigenvalue weighted by molar-refractivity contribution is 6.36. The van der Waals surface area contributed by atoms with Crippen molar-refractivity contribution < 1.29 is 9.59 Å². The first kappa shape index (κ1) is 14.6. The predicted molar refractivity (Wildman–Crippen MR) is 92.3 cm³/mol. The maximum absolute atomic E-state index is 12.7. The van der Waals surface area contributed by atoms with E-state index in [1.807, 2.05) is 12.1 Å². The molecular formula is C19H11ClN2O2. The van der Waals surface area contributed by atoms with Gasteiger partial charge in [0.05, 0.1) is 22.5 Å². The first-order valence-corrected chi connectivity index (χ1v) is 7.73. The number of fused-ring (bicyclic) bond motifs is 1. The molecule has 2 heterocycles. The Hall–Kier alpha value is -2.98. The van der Waals surface area contributed by atoms with Crippen molar-refractivity contribution in [2.24, 2.45) is 0 Å². The van der Waals surface area contributed by atoms with Crippen LogP contribution in [0.25, 0.3) is 11.3 Å². The van der Waals surface area contributed by atoms with Gasteiger partial charge >= 0.3 is 0 Å². The monoisotopic (exact) mass is 334 g/mol. The number of carbonyl (C=O) groups is 2. The highest BCUT2D eigenvalue weighted by Gasteiger charge is 2.37. The van der Waals surface area contributed by atoms with Crippen LogP contribution in [0.3, 0.4) is 0 Å². The van der Waals surface area contributed by atoms with Crippen molar-refractivity contribution in [1.29, 1.82) is 0 Å². The fourth-order valence-corrected chi connectivity index (χ4v) is 3.00. The number of aromatic nitrogens is 1. The third-order valence-corrected chi connectivity index (χ3v) is 4.17. The number of imide groups is 1. The van der Waals surface area contributed by atoms with E-state index in [1.54, 1.807) is 54.7 Å². The van der Waals surface area contributed by atoms with Crippen molar-refractivity contribution in [3.8, 4) is 11.3 Å². The van der Waals surface area contributed by atoms with E-state index < -0.39 is 0 Å². The minimum atomic E-state index is -0.352. The van der Waals surface area contributed by atoms with Crippen LogP contribution in [0.5, 0.6) is 0 Å². The molecule has 5 heteroatoms. The molecule has 116 valence electrons. The molecular weight excluding hydrogens is 324 g/mol. The van der Waals surface area contributed by atoms with Gasteiger partial charge < -0.3 is 0 Å². The molecule has 0 radical (unpaired) electrons. The van der Waals surface area contributed by atoms with Crippen LogP contribution in [-0.4, -0.2) is 16.8 Å².